The Hall–Kier alpha value is -1.56. The molecular weight excluding hydrogens is 306 g/mol. The number of amides is 1. The van der Waals surface area contributed by atoms with Crippen LogP contribution >= 0.6 is 11.6 Å². The molecule has 1 saturated heterocycles. The van der Waals surface area contributed by atoms with Crippen molar-refractivity contribution < 1.29 is 14.3 Å². The number of hydrogen-bond donors (Lipinski definition) is 0. The molecule has 7 heteroatoms. The van der Waals surface area contributed by atoms with Crippen molar-refractivity contribution in [1.29, 1.82) is 0 Å². The van der Waals surface area contributed by atoms with E-state index in [9.17, 15) is 4.79 Å². The molecule has 0 bridgehead atoms. The molecule has 0 radical (unpaired) electrons. The fourth-order valence-electron chi connectivity index (χ4n) is 2.28. The largest absolute Gasteiger partial charge is 0.463 e. The highest BCUT2D eigenvalue weighted by Gasteiger charge is 2.28. The average molecular weight is 328 g/mol. The van der Waals surface area contributed by atoms with E-state index in [1.54, 1.807) is 17.2 Å². The van der Waals surface area contributed by atoms with Gasteiger partial charge in [-0.15, -0.1) is 0 Å². The van der Waals surface area contributed by atoms with Crippen LogP contribution in [0.4, 0.5) is 4.79 Å². The van der Waals surface area contributed by atoms with Gasteiger partial charge < -0.3 is 14.4 Å². The van der Waals surface area contributed by atoms with Gasteiger partial charge in [0.2, 0.25) is 0 Å². The second-order valence-corrected chi connectivity index (χ2v) is 6.79. The van der Waals surface area contributed by atoms with Crippen molar-refractivity contribution in [3.63, 3.8) is 0 Å². The van der Waals surface area contributed by atoms with Gasteiger partial charge in [0.1, 0.15) is 10.8 Å². The Morgan fingerprint density at radius 2 is 2.27 bits per heavy atom. The third kappa shape index (κ3) is 5.33. The first kappa shape index (κ1) is 16.8. The fraction of sp³-hybridized carbons (Fsp3) is 0.667. The van der Waals surface area contributed by atoms with E-state index in [1.807, 2.05) is 20.8 Å². The molecule has 1 atom stereocenters. The van der Waals surface area contributed by atoms with Crippen LogP contribution in [0.15, 0.2) is 12.3 Å². The highest BCUT2D eigenvalue weighted by Crippen LogP contribution is 2.20. The van der Waals surface area contributed by atoms with E-state index in [1.165, 1.54) is 0 Å². The van der Waals surface area contributed by atoms with Gasteiger partial charge in [-0.2, -0.15) is 4.98 Å². The molecule has 0 aromatic carbocycles. The molecule has 1 aromatic heterocycles. The van der Waals surface area contributed by atoms with Gasteiger partial charge in [-0.25, -0.2) is 9.78 Å². The van der Waals surface area contributed by atoms with Gasteiger partial charge in [0, 0.05) is 25.2 Å². The Morgan fingerprint density at radius 1 is 1.50 bits per heavy atom. The first-order valence-corrected chi connectivity index (χ1v) is 7.80. The van der Waals surface area contributed by atoms with Gasteiger partial charge >= 0.3 is 12.1 Å². The lowest BCUT2D eigenvalue weighted by atomic mass is 9.99. The van der Waals surface area contributed by atoms with Gasteiger partial charge in [0.25, 0.3) is 0 Å². The first-order chi connectivity index (χ1) is 10.3. The molecular formula is C15H22ClN3O3. The van der Waals surface area contributed by atoms with Gasteiger partial charge in [-0.3, -0.25) is 0 Å². The maximum atomic E-state index is 12.1. The van der Waals surface area contributed by atoms with E-state index < -0.39 is 5.60 Å². The third-order valence-corrected chi connectivity index (χ3v) is 3.43. The number of carbonyl (C=O) groups is 1. The van der Waals surface area contributed by atoms with E-state index in [0.717, 1.165) is 19.4 Å². The summed E-state index contributed by atoms with van der Waals surface area (Å²) in [5.74, 6) is 0.240. The summed E-state index contributed by atoms with van der Waals surface area (Å²) in [5, 5.41) is 0.351. The van der Waals surface area contributed by atoms with Crippen molar-refractivity contribution >= 4 is 17.7 Å². The number of hydrogen-bond acceptors (Lipinski definition) is 5. The van der Waals surface area contributed by atoms with E-state index in [0.29, 0.717) is 18.3 Å². The van der Waals surface area contributed by atoms with Crippen LogP contribution in [0.2, 0.25) is 5.15 Å². The molecule has 0 aliphatic carbocycles. The summed E-state index contributed by atoms with van der Waals surface area (Å²) in [6, 6.07) is 1.86. The normalized spacial score (nSPS) is 18.9. The number of nitrogens with zero attached hydrogens (tertiary/aromatic N) is 3. The van der Waals surface area contributed by atoms with Crippen molar-refractivity contribution in [2.24, 2.45) is 5.92 Å². The van der Waals surface area contributed by atoms with Crippen LogP contribution in [0, 0.1) is 5.92 Å². The molecule has 122 valence electrons. The number of rotatable bonds is 3. The number of aromatic nitrogens is 2. The Kier molecular flexibility index (Phi) is 5.45. The number of halogens is 1. The van der Waals surface area contributed by atoms with Crippen molar-refractivity contribution in [3.05, 3.63) is 17.4 Å². The zero-order valence-electron chi connectivity index (χ0n) is 13.2. The van der Waals surface area contributed by atoms with Crippen LogP contribution in [-0.4, -0.2) is 46.3 Å². The van der Waals surface area contributed by atoms with Crippen molar-refractivity contribution in [3.8, 4) is 6.01 Å². The van der Waals surface area contributed by atoms with E-state index in [-0.39, 0.29) is 18.0 Å². The maximum Gasteiger partial charge on any atom is 0.410 e. The smallest absolute Gasteiger partial charge is 0.410 e. The molecule has 1 amide bonds. The Morgan fingerprint density at radius 3 is 2.95 bits per heavy atom. The summed E-state index contributed by atoms with van der Waals surface area (Å²) < 4.78 is 11.0. The molecule has 0 unspecified atom stereocenters. The van der Waals surface area contributed by atoms with Crippen LogP contribution in [-0.2, 0) is 4.74 Å². The second-order valence-electron chi connectivity index (χ2n) is 6.41. The molecule has 0 saturated carbocycles. The molecule has 0 spiro atoms. The number of likely N-dealkylation sites (tertiary alicyclic amines) is 1. The lowest BCUT2D eigenvalue weighted by molar-refractivity contribution is 0.0137. The number of ether oxygens (including phenoxy) is 2. The molecule has 22 heavy (non-hydrogen) atoms. The molecule has 2 heterocycles. The quantitative estimate of drug-likeness (QED) is 0.798. The minimum atomic E-state index is -0.477. The van der Waals surface area contributed by atoms with Crippen molar-refractivity contribution in [2.75, 3.05) is 19.7 Å². The second kappa shape index (κ2) is 7.13. The van der Waals surface area contributed by atoms with Gasteiger partial charge in [-0.05, 0) is 39.7 Å². The minimum Gasteiger partial charge on any atom is -0.463 e. The molecule has 1 fully saturated rings. The maximum absolute atomic E-state index is 12.1. The first-order valence-electron chi connectivity index (χ1n) is 7.43. The Balaban J connectivity index is 1.84. The van der Waals surface area contributed by atoms with Crippen LogP contribution in [0.1, 0.15) is 33.6 Å². The molecule has 1 aliphatic rings. The minimum absolute atomic E-state index is 0.240. The van der Waals surface area contributed by atoms with E-state index in [4.69, 9.17) is 21.1 Å². The van der Waals surface area contributed by atoms with Crippen LogP contribution in [0.25, 0.3) is 0 Å². The highest BCUT2D eigenvalue weighted by atomic mass is 35.5. The van der Waals surface area contributed by atoms with E-state index in [2.05, 4.69) is 9.97 Å². The van der Waals surface area contributed by atoms with Crippen LogP contribution in [0.5, 0.6) is 6.01 Å². The topological polar surface area (TPSA) is 64.5 Å². The summed E-state index contributed by atoms with van der Waals surface area (Å²) in [6.45, 7) is 7.40. The summed E-state index contributed by atoms with van der Waals surface area (Å²) in [6.07, 6.45) is 3.22. The zero-order chi connectivity index (χ0) is 16.2. The van der Waals surface area contributed by atoms with Gasteiger partial charge in [-0.1, -0.05) is 11.6 Å². The number of carbonyl (C=O) groups excluding carboxylic acids is 1. The van der Waals surface area contributed by atoms with Crippen LogP contribution in [0.3, 0.4) is 0 Å². The molecule has 1 aromatic rings. The zero-order valence-corrected chi connectivity index (χ0v) is 14.0. The lowest BCUT2D eigenvalue weighted by Gasteiger charge is -2.33. The molecule has 0 N–H and O–H groups in total. The summed E-state index contributed by atoms with van der Waals surface area (Å²) in [4.78, 5) is 21.8. The Bertz CT molecular complexity index is 519. The van der Waals surface area contributed by atoms with E-state index >= 15 is 0 Å². The lowest BCUT2D eigenvalue weighted by Crippen LogP contribution is -2.44. The predicted molar refractivity (Wildman–Crippen MR) is 83.1 cm³/mol. The molecule has 1 aliphatic heterocycles. The third-order valence-electron chi connectivity index (χ3n) is 3.22. The fourth-order valence-corrected chi connectivity index (χ4v) is 2.40. The monoisotopic (exact) mass is 327 g/mol. The highest BCUT2D eigenvalue weighted by molar-refractivity contribution is 6.29. The van der Waals surface area contributed by atoms with Gasteiger partial charge in [0.15, 0.2) is 0 Å². The SMILES string of the molecule is CC(C)(C)OC(=O)N1CCC[C@H](COc2nccc(Cl)n2)C1. The summed E-state index contributed by atoms with van der Waals surface area (Å²) in [5.41, 5.74) is -0.477. The van der Waals surface area contributed by atoms with Crippen molar-refractivity contribution in [1.82, 2.24) is 14.9 Å². The summed E-state index contributed by atoms with van der Waals surface area (Å²) in [7, 11) is 0. The van der Waals surface area contributed by atoms with Crippen molar-refractivity contribution in [2.45, 2.75) is 39.2 Å². The number of piperidine rings is 1. The molecule has 2 rings (SSSR count). The van der Waals surface area contributed by atoms with Gasteiger partial charge in [0.05, 0.1) is 6.61 Å². The standard InChI is InChI=1S/C15H22ClN3O3/c1-15(2,3)22-14(20)19-8-4-5-11(9-19)10-21-13-17-7-6-12(16)18-13/h6-7,11H,4-5,8-10H2,1-3H3/t11-/m0/s1. The van der Waals surface area contributed by atoms with Crippen LogP contribution < -0.4 is 4.74 Å². The Labute approximate surface area is 135 Å². The average Bonchev–Trinajstić information content (AvgIpc) is 2.44. The summed E-state index contributed by atoms with van der Waals surface area (Å²) >= 11 is 5.79. The molecule has 6 nitrogen and oxygen atoms in total. The predicted octanol–water partition coefficient (Wildman–Crippen LogP) is 3.16.